The van der Waals surface area contributed by atoms with Crippen LogP contribution in [0.2, 0.25) is 5.02 Å². The van der Waals surface area contributed by atoms with Gasteiger partial charge >= 0.3 is 0 Å². The van der Waals surface area contributed by atoms with Crippen LogP contribution in [-0.4, -0.2) is 35.6 Å². The normalized spacial score (nSPS) is 12.1. The van der Waals surface area contributed by atoms with E-state index >= 15 is 0 Å². The summed E-state index contributed by atoms with van der Waals surface area (Å²) in [6.45, 7) is 0. The number of hydrogen-bond donors (Lipinski definition) is 0. The highest BCUT2D eigenvalue weighted by Gasteiger charge is 2.15. The number of benzene rings is 2. The predicted octanol–water partition coefficient (Wildman–Crippen LogP) is 4.45. The van der Waals surface area contributed by atoms with Crippen LogP contribution in [0, 0.1) is 11.8 Å². The van der Waals surface area contributed by atoms with Gasteiger partial charge in [0.25, 0.3) is 5.91 Å². The molecule has 6 nitrogen and oxygen atoms in total. The molecule has 3 rings (SSSR count). The van der Waals surface area contributed by atoms with Gasteiger partial charge in [-0.1, -0.05) is 35.6 Å². The number of halogens is 1. The van der Waals surface area contributed by atoms with Crippen LogP contribution >= 0.6 is 11.6 Å². The van der Waals surface area contributed by atoms with E-state index in [1.54, 1.807) is 36.4 Å². The number of carbonyl (C=O) groups excluding carboxylic acids is 1. The van der Waals surface area contributed by atoms with Crippen molar-refractivity contribution in [3.05, 3.63) is 82.6 Å². The third kappa shape index (κ3) is 5.43. The van der Waals surface area contributed by atoms with Crippen molar-refractivity contribution >= 4 is 27.2 Å². The highest BCUT2D eigenvalue weighted by atomic mass is 35.5. The maximum absolute atomic E-state index is 13.1. The van der Waals surface area contributed by atoms with Crippen molar-refractivity contribution in [2.45, 2.75) is 4.90 Å². The average molecular weight is 455 g/mol. The van der Waals surface area contributed by atoms with E-state index in [4.69, 9.17) is 21.1 Å². The smallest absolute Gasteiger partial charge is 0.286 e. The summed E-state index contributed by atoms with van der Waals surface area (Å²) in [4.78, 5) is 17.1. The van der Waals surface area contributed by atoms with E-state index in [0.717, 1.165) is 0 Å². The Kier molecular flexibility index (Phi) is 6.95. The molecule has 1 amide bonds. The van der Waals surface area contributed by atoms with E-state index in [9.17, 15) is 9.00 Å². The zero-order valence-electron chi connectivity index (χ0n) is 17.1. The summed E-state index contributed by atoms with van der Waals surface area (Å²) in [6, 6.07) is 13.5. The van der Waals surface area contributed by atoms with Gasteiger partial charge in [-0.15, -0.1) is 0 Å². The van der Waals surface area contributed by atoms with E-state index in [-0.39, 0.29) is 5.56 Å². The fraction of sp³-hybridized carbons (Fsp3) is 0.130. The Balaban J connectivity index is 1.91. The van der Waals surface area contributed by atoms with Crippen LogP contribution in [0.1, 0.15) is 21.5 Å². The Bertz CT molecular complexity index is 1320. The molecule has 3 aromatic rings. The molecule has 0 N–H and O–H groups in total. The number of carbonyl (C=O) groups is 1. The monoisotopic (exact) mass is 454 g/mol. The lowest BCUT2D eigenvalue weighted by Crippen LogP contribution is -2.05. The van der Waals surface area contributed by atoms with Gasteiger partial charge in [0.2, 0.25) is 0 Å². The highest BCUT2D eigenvalue weighted by Crippen LogP contribution is 2.30. The van der Waals surface area contributed by atoms with E-state index in [1.807, 2.05) is 12.1 Å². The molecular weight excluding hydrogens is 436 g/mol. The maximum atomic E-state index is 13.1. The molecular formula is C23H19ClN2O4S. The molecule has 0 bridgehead atoms. The fourth-order valence-corrected chi connectivity index (χ4v) is 4.00. The molecule has 0 aliphatic rings. The quantitative estimate of drug-likeness (QED) is 0.544. The summed E-state index contributed by atoms with van der Waals surface area (Å²) in [5, 5.41) is 0.533. The first-order valence-electron chi connectivity index (χ1n) is 9.04. The summed E-state index contributed by atoms with van der Waals surface area (Å²) < 4.78 is 27.5. The first-order chi connectivity index (χ1) is 14.8. The van der Waals surface area contributed by atoms with Gasteiger partial charge in [-0.2, -0.15) is 4.36 Å². The number of ether oxygens (including phenoxy) is 2. The van der Waals surface area contributed by atoms with E-state index in [2.05, 4.69) is 21.2 Å². The number of rotatable bonds is 4. The van der Waals surface area contributed by atoms with Crippen LogP contribution in [0.15, 0.2) is 70.2 Å². The van der Waals surface area contributed by atoms with Gasteiger partial charge in [-0.05, 0) is 30.3 Å². The van der Waals surface area contributed by atoms with Crippen LogP contribution < -0.4 is 9.47 Å². The molecule has 8 heteroatoms. The largest absolute Gasteiger partial charge is 0.493 e. The highest BCUT2D eigenvalue weighted by molar-refractivity contribution is 7.93. The Labute approximate surface area is 186 Å². The first-order valence-corrected chi connectivity index (χ1v) is 11.3. The summed E-state index contributed by atoms with van der Waals surface area (Å²) in [5.74, 6) is 6.10. The predicted molar refractivity (Wildman–Crippen MR) is 120 cm³/mol. The summed E-state index contributed by atoms with van der Waals surface area (Å²) in [6.07, 6.45) is 4.27. The molecule has 0 fully saturated rings. The molecule has 1 aromatic heterocycles. The van der Waals surface area contributed by atoms with Crippen LogP contribution in [0.3, 0.4) is 0 Å². The van der Waals surface area contributed by atoms with Crippen LogP contribution in [0.25, 0.3) is 0 Å². The van der Waals surface area contributed by atoms with E-state index in [0.29, 0.717) is 32.5 Å². The summed E-state index contributed by atoms with van der Waals surface area (Å²) in [5.41, 5.74) is 1.35. The van der Waals surface area contributed by atoms with Gasteiger partial charge in [0, 0.05) is 35.8 Å². The second kappa shape index (κ2) is 9.65. The molecule has 0 radical (unpaired) electrons. The molecule has 1 unspecified atom stereocenters. The van der Waals surface area contributed by atoms with Gasteiger partial charge in [0.1, 0.15) is 0 Å². The van der Waals surface area contributed by atoms with Crippen molar-refractivity contribution in [1.29, 1.82) is 0 Å². The second-order valence-electron chi connectivity index (χ2n) is 6.41. The van der Waals surface area contributed by atoms with Crippen molar-refractivity contribution in [2.24, 2.45) is 4.36 Å². The van der Waals surface area contributed by atoms with Crippen molar-refractivity contribution in [1.82, 2.24) is 4.98 Å². The van der Waals surface area contributed by atoms with Gasteiger partial charge < -0.3 is 9.47 Å². The van der Waals surface area contributed by atoms with Crippen molar-refractivity contribution in [3.8, 4) is 23.3 Å². The van der Waals surface area contributed by atoms with Gasteiger partial charge in [-0.25, -0.2) is 4.21 Å². The molecule has 0 saturated heterocycles. The third-order valence-electron chi connectivity index (χ3n) is 4.25. The van der Waals surface area contributed by atoms with Crippen LogP contribution in [-0.2, 0) is 9.73 Å². The Hall–Kier alpha value is -3.34. The van der Waals surface area contributed by atoms with E-state index < -0.39 is 15.6 Å². The van der Waals surface area contributed by atoms with E-state index in [1.165, 1.54) is 32.9 Å². The molecule has 0 aliphatic heterocycles. The Morgan fingerprint density at radius 1 is 1.03 bits per heavy atom. The average Bonchev–Trinajstić information content (AvgIpc) is 2.78. The Morgan fingerprint density at radius 3 is 2.48 bits per heavy atom. The number of nitrogens with zero attached hydrogens (tertiary/aromatic N) is 2. The Morgan fingerprint density at radius 2 is 1.77 bits per heavy atom. The van der Waals surface area contributed by atoms with Crippen molar-refractivity contribution in [2.75, 3.05) is 20.5 Å². The molecule has 1 heterocycles. The molecule has 31 heavy (non-hydrogen) atoms. The number of pyridine rings is 1. The summed E-state index contributed by atoms with van der Waals surface area (Å²) >= 11 is 6.11. The van der Waals surface area contributed by atoms with Crippen LogP contribution in [0.5, 0.6) is 11.5 Å². The number of aromatic nitrogens is 1. The van der Waals surface area contributed by atoms with Crippen LogP contribution in [0.4, 0.5) is 0 Å². The molecule has 1 atom stereocenters. The standard InChI is InChI=1S/C23H19ClN2O4S/c1-29-21-11-10-19(13-22(21)30-2)31(3,28)26-23(27)18-12-16(14-25-15-18)8-9-17-6-4-5-7-20(17)24/h4-7,10-15H,1-3H3. The number of amides is 1. The molecule has 0 saturated carbocycles. The zero-order chi connectivity index (χ0) is 22.4. The van der Waals surface area contributed by atoms with Crippen molar-refractivity contribution < 1.29 is 18.5 Å². The third-order valence-corrected chi connectivity index (χ3v) is 6.22. The molecule has 0 spiro atoms. The summed E-state index contributed by atoms with van der Waals surface area (Å²) in [7, 11) is -0.0526. The van der Waals surface area contributed by atoms with Crippen molar-refractivity contribution in [3.63, 3.8) is 0 Å². The molecule has 0 aliphatic carbocycles. The fourth-order valence-electron chi connectivity index (χ4n) is 2.64. The van der Waals surface area contributed by atoms with Gasteiger partial charge in [-0.3, -0.25) is 9.78 Å². The first kappa shape index (κ1) is 22.3. The zero-order valence-corrected chi connectivity index (χ0v) is 18.7. The number of hydrogen-bond acceptors (Lipinski definition) is 5. The number of methoxy groups -OCH3 is 2. The van der Waals surface area contributed by atoms with Gasteiger partial charge in [0.15, 0.2) is 11.5 Å². The molecule has 2 aromatic carbocycles. The SMILES string of the molecule is COc1ccc(S(C)(=O)=NC(=O)c2cncc(C#Cc3ccccc3Cl)c2)cc1OC. The molecule has 158 valence electrons. The second-order valence-corrected chi connectivity index (χ2v) is 9.07. The minimum Gasteiger partial charge on any atom is -0.493 e. The topological polar surface area (TPSA) is 77.9 Å². The van der Waals surface area contributed by atoms with Gasteiger partial charge in [0.05, 0.1) is 39.4 Å². The lowest BCUT2D eigenvalue weighted by molar-refractivity contribution is 0.100. The minimum absolute atomic E-state index is 0.181. The maximum Gasteiger partial charge on any atom is 0.286 e. The lowest BCUT2D eigenvalue weighted by atomic mass is 10.1. The lowest BCUT2D eigenvalue weighted by Gasteiger charge is -2.10. The minimum atomic E-state index is -3.03.